The van der Waals surface area contributed by atoms with Crippen molar-refractivity contribution in [2.24, 2.45) is 0 Å². The van der Waals surface area contributed by atoms with Crippen LogP contribution in [0.5, 0.6) is 0 Å². The second-order valence-electron chi connectivity index (χ2n) is 6.26. The molecule has 1 fully saturated rings. The summed E-state index contributed by atoms with van der Waals surface area (Å²) in [6, 6.07) is 0. The van der Waals surface area contributed by atoms with E-state index in [4.69, 9.17) is 14.2 Å². The Morgan fingerprint density at radius 2 is 1.41 bits per heavy atom. The molecule has 8 heteroatoms. The Kier molecular flexibility index (Phi) is 11.5. The van der Waals surface area contributed by atoms with Gasteiger partial charge in [-0.05, 0) is 27.7 Å². The lowest BCUT2D eigenvalue weighted by atomic mass is 10.2. The van der Waals surface area contributed by atoms with Crippen LogP contribution in [0.3, 0.4) is 0 Å². The predicted octanol–water partition coefficient (Wildman–Crippen LogP) is 2.34. The average Bonchev–Trinajstić information content (AvgIpc) is 3.50. The van der Waals surface area contributed by atoms with Gasteiger partial charge in [-0.25, -0.2) is 9.59 Å². The van der Waals surface area contributed by atoms with E-state index in [9.17, 15) is 19.2 Å². The first kappa shape index (κ1) is 26.3. The highest BCUT2D eigenvalue weighted by Crippen LogP contribution is 2.19. The fraction of sp³-hybridized carbons (Fsp3) is 0.524. The van der Waals surface area contributed by atoms with Gasteiger partial charge in [0.25, 0.3) is 11.8 Å². The van der Waals surface area contributed by atoms with E-state index in [2.05, 4.69) is 13.2 Å². The van der Waals surface area contributed by atoms with Gasteiger partial charge in [0.1, 0.15) is 19.3 Å². The summed E-state index contributed by atoms with van der Waals surface area (Å²) in [5, 5.41) is 0. The van der Waals surface area contributed by atoms with E-state index in [1.165, 1.54) is 6.92 Å². The molecule has 0 radical (unpaired) electrons. The summed E-state index contributed by atoms with van der Waals surface area (Å²) in [4.78, 5) is 46.1. The van der Waals surface area contributed by atoms with Crippen LogP contribution in [0.25, 0.3) is 0 Å². The van der Waals surface area contributed by atoms with Crippen LogP contribution >= 0.6 is 0 Å². The van der Waals surface area contributed by atoms with Crippen molar-refractivity contribution in [3.63, 3.8) is 0 Å². The molecule has 1 saturated heterocycles. The van der Waals surface area contributed by atoms with Crippen LogP contribution in [-0.2, 0) is 33.4 Å². The summed E-state index contributed by atoms with van der Waals surface area (Å²) < 4.78 is 14.4. The van der Waals surface area contributed by atoms with Crippen LogP contribution in [0.4, 0.5) is 0 Å². The minimum absolute atomic E-state index is 0.0102. The molecule has 8 nitrogen and oxygen atoms in total. The molecule has 2 rings (SSSR count). The molecule has 0 spiro atoms. The smallest absolute Gasteiger partial charge is 0.333 e. The number of hydrogen-bond donors (Lipinski definition) is 0. The number of esters is 2. The van der Waals surface area contributed by atoms with Crippen LogP contribution in [0.2, 0.25) is 0 Å². The Morgan fingerprint density at radius 3 is 1.79 bits per heavy atom. The molecule has 0 aromatic carbocycles. The van der Waals surface area contributed by atoms with Crippen LogP contribution in [0.15, 0.2) is 35.5 Å². The minimum Gasteiger partial charge on any atom is -0.460 e. The fourth-order valence-electron chi connectivity index (χ4n) is 1.83. The third-order valence-corrected chi connectivity index (χ3v) is 3.74. The van der Waals surface area contributed by atoms with Crippen LogP contribution < -0.4 is 0 Å². The molecule has 2 heterocycles. The van der Waals surface area contributed by atoms with E-state index in [0.717, 1.165) is 4.90 Å². The van der Waals surface area contributed by atoms with Gasteiger partial charge in [-0.2, -0.15) is 0 Å². The van der Waals surface area contributed by atoms with Gasteiger partial charge in [-0.1, -0.05) is 27.0 Å². The van der Waals surface area contributed by atoms with Gasteiger partial charge in [0.2, 0.25) is 0 Å². The highest BCUT2D eigenvalue weighted by atomic mass is 16.6. The van der Waals surface area contributed by atoms with E-state index < -0.39 is 5.97 Å². The monoisotopic (exact) mass is 409 g/mol. The van der Waals surface area contributed by atoms with E-state index in [1.54, 1.807) is 20.8 Å². The van der Waals surface area contributed by atoms with Gasteiger partial charge in [0, 0.05) is 22.3 Å². The molecule has 2 amide bonds. The van der Waals surface area contributed by atoms with Crippen molar-refractivity contribution in [1.82, 2.24) is 4.90 Å². The maximum Gasteiger partial charge on any atom is 0.333 e. The van der Waals surface area contributed by atoms with E-state index in [1.807, 2.05) is 13.8 Å². The highest BCUT2D eigenvalue weighted by Gasteiger charge is 2.33. The van der Waals surface area contributed by atoms with Crippen molar-refractivity contribution < 1.29 is 33.4 Å². The topological polar surface area (TPSA) is 103 Å². The average molecular weight is 409 g/mol. The van der Waals surface area contributed by atoms with Crippen molar-refractivity contribution in [3.8, 4) is 0 Å². The largest absolute Gasteiger partial charge is 0.460 e. The Bertz CT molecular complexity index is 678. The normalized spacial score (nSPS) is 16.9. The van der Waals surface area contributed by atoms with Gasteiger partial charge in [0.15, 0.2) is 0 Å². The van der Waals surface area contributed by atoms with Crippen LogP contribution in [0, 0.1) is 0 Å². The number of ether oxygens (including phenoxy) is 3. The zero-order valence-corrected chi connectivity index (χ0v) is 18.1. The third-order valence-electron chi connectivity index (χ3n) is 3.74. The summed E-state index contributed by atoms with van der Waals surface area (Å²) in [7, 11) is 0. The summed E-state index contributed by atoms with van der Waals surface area (Å²) in [5.41, 5.74) is 1.61. The summed E-state index contributed by atoms with van der Waals surface area (Å²) in [5.74, 6) is -1.50. The van der Waals surface area contributed by atoms with E-state index in [-0.39, 0.29) is 42.6 Å². The minimum atomic E-state index is -0.523. The van der Waals surface area contributed by atoms with E-state index in [0.29, 0.717) is 29.9 Å². The molecule has 1 atom stereocenters. The van der Waals surface area contributed by atoms with Gasteiger partial charge in [-0.3, -0.25) is 14.5 Å². The van der Waals surface area contributed by atoms with Gasteiger partial charge >= 0.3 is 11.9 Å². The number of carbonyl (C=O) groups excluding carboxylic acids is 4. The summed E-state index contributed by atoms with van der Waals surface area (Å²) >= 11 is 0. The quantitative estimate of drug-likeness (QED) is 0.275. The molecule has 0 aliphatic carbocycles. The third kappa shape index (κ3) is 8.87. The first-order chi connectivity index (χ1) is 13.6. The zero-order valence-electron chi connectivity index (χ0n) is 18.1. The standard InChI is InChI=1S/C12H15NO4.C7H10O3.C2H6/c1-7(2)12(16)17-6-5-13-10(14)8(3)9(4)11(13)15;1-5(2)7(8)10-4-6-3-9-6;1-2/h1,5-6H2,2-4H3;6H,1,3-4H2,2H3;1-2H3. The number of imide groups is 1. The summed E-state index contributed by atoms with van der Waals surface area (Å²) in [6.45, 7) is 18.4. The molecule has 29 heavy (non-hydrogen) atoms. The second kappa shape index (κ2) is 12.7. The van der Waals surface area contributed by atoms with Crippen molar-refractivity contribution in [2.45, 2.75) is 47.6 Å². The van der Waals surface area contributed by atoms with Crippen molar-refractivity contribution in [2.75, 3.05) is 26.4 Å². The lowest BCUT2D eigenvalue weighted by Gasteiger charge is -2.14. The lowest BCUT2D eigenvalue weighted by Crippen LogP contribution is -2.35. The molecule has 0 N–H and O–H groups in total. The number of amides is 2. The molecular formula is C21H31NO7. The van der Waals surface area contributed by atoms with Crippen LogP contribution in [0.1, 0.15) is 41.5 Å². The highest BCUT2D eigenvalue weighted by molar-refractivity contribution is 6.18. The molecule has 2 aliphatic heterocycles. The van der Waals surface area contributed by atoms with Gasteiger partial charge in [-0.15, -0.1) is 0 Å². The number of rotatable bonds is 7. The van der Waals surface area contributed by atoms with Gasteiger partial charge < -0.3 is 14.2 Å². The van der Waals surface area contributed by atoms with Crippen molar-refractivity contribution in [1.29, 1.82) is 0 Å². The lowest BCUT2D eigenvalue weighted by molar-refractivity contribution is -0.144. The molecule has 1 unspecified atom stereocenters. The maximum absolute atomic E-state index is 11.6. The Hall–Kier alpha value is -2.74. The number of hydrogen-bond acceptors (Lipinski definition) is 7. The zero-order chi connectivity index (χ0) is 22.7. The SMILES string of the molecule is C=C(C)C(=O)OCC1CO1.C=C(C)C(=O)OCCN1C(=O)C(C)=C(C)C1=O.CC. The Balaban J connectivity index is 0.000000554. The van der Waals surface area contributed by atoms with Crippen LogP contribution in [-0.4, -0.2) is 61.1 Å². The van der Waals surface area contributed by atoms with Crippen molar-refractivity contribution >= 4 is 23.8 Å². The molecular weight excluding hydrogens is 378 g/mol. The molecule has 0 saturated carbocycles. The summed E-state index contributed by atoms with van der Waals surface area (Å²) in [6.07, 6.45) is 0.142. The van der Waals surface area contributed by atoms with Gasteiger partial charge in [0.05, 0.1) is 13.2 Å². The Labute approximate surface area is 172 Å². The molecule has 0 aromatic heterocycles. The maximum atomic E-state index is 11.6. The molecule has 0 aromatic rings. The number of epoxide rings is 1. The molecule has 0 bridgehead atoms. The molecule has 162 valence electrons. The van der Waals surface area contributed by atoms with Crippen molar-refractivity contribution in [3.05, 3.63) is 35.5 Å². The van der Waals surface area contributed by atoms with E-state index >= 15 is 0 Å². The predicted molar refractivity (Wildman–Crippen MR) is 108 cm³/mol. The number of nitrogens with zero attached hydrogens (tertiary/aromatic N) is 1. The Morgan fingerprint density at radius 1 is 1.00 bits per heavy atom. The first-order valence-corrected chi connectivity index (χ1v) is 9.36. The number of carbonyl (C=O) groups is 4. The molecule has 2 aliphatic rings. The first-order valence-electron chi connectivity index (χ1n) is 9.36. The second-order valence-corrected chi connectivity index (χ2v) is 6.26. The fourth-order valence-corrected chi connectivity index (χ4v) is 1.83.